The second-order valence-corrected chi connectivity index (χ2v) is 5.11. The largest absolute Gasteiger partial charge is 0.462 e. The maximum absolute atomic E-state index is 11.8. The molecule has 21 heavy (non-hydrogen) atoms. The first kappa shape index (κ1) is 16.8. The summed E-state index contributed by atoms with van der Waals surface area (Å²) in [5.74, 6) is -1.54. The molecule has 0 aliphatic carbocycles. The van der Waals surface area contributed by atoms with Gasteiger partial charge in [-0.3, -0.25) is 19.7 Å². The van der Waals surface area contributed by atoms with Crippen LogP contribution < -0.4 is 0 Å². The van der Waals surface area contributed by atoms with Gasteiger partial charge in [0.05, 0.1) is 11.0 Å². The average molecular weight is 293 g/mol. The van der Waals surface area contributed by atoms with Crippen LogP contribution in [0.3, 0.4) is 0 Å². The highest BCUT2D eigenvalue weighted by Crippen LogP contribution is 2.17. The Balaban J connectivity index is 2.67. The minimum atomic E-state index is -0.789. The third kappa shape index (κ3) is 5.33. The Labute approximate surface area is 123 Å². The Morgan fingerprint density at radius 3 is 2.24 bits per heavy atom. The number of carbonyl (C=O) groups is 2. The molecule has 0 spiro atoms. The van der Waals surface area contributed by atoms with Crippen LogP contribution in [-0.2, 0) is 20.7 Å². The van der Waals surface area contributed by atoms with Gasteiger partial charge in [-0.05, 0) is 39.2 Å². The maximum atomic E-state index is 11.8. The smallest absolute Gasteiger partial charge is 0.316 e. The fourth-order valence-electron chi connectivity index (χ4n) is 1.90. The van der Waals surface area contributed by atoms with Crippen LogP contribution in [0, 0.1) is 16.0 Å². The van der Waals surface area contributed by atoms with E-state index >= 15 is 0 Å². The predicted molar refractivity (Wildman–Crippen MR) is 76.8 cm³/mol. The van der Waals surface area contributed by atoms with Gasteiger partial charge in [0.25, 0.3) is 5.69 Å². The van der Waals surface area contributed by atoms with Crippen molar-refractivity contribution >= 4 is 17.4 Å². The molecule has 1 aromatic rings. The van der Waals surface area contributed by atoms with Crippen molar-refractivity contribution in [1.82, 2.24) is 0 Å². The van der Waals surface area contributed by atoms with E-state index < -0.39 is 16.8 Å². The lowest BCUT2D eigenvalue weighted by molar-refractivity contribution is -0.384. The number of nitro groups is 1. The number of Topliss-reactive ketones (excluding diaryl/α,β-unsaturated/α-hetero) is 1. The zero-order chi connectivity index (χ0) is 16.0. The van der Waals surface area contributed by atoms with Gasteiger partial charge in [0.15, 0.2) is 0 Å². The number of esters is 1. The Bertz CT molecular complexity index is 521. The first-order valence-corrected chi connectivity index (χ1v) is 6.75. The van der Waals surface area contributed by atoms with Gasteiger partial charge in [0.1, 0.15) is 11.7 Å². The van der Waals surface area contributed by atoms with Crippen LogP contribution in [-0.4, -0.2) is 22.8 Å². The Kier molecular flexibility index (Phi) is 6.02. The number of aryl methyl sites for hydroxylation is 1. The van der Waals surface area contributed by atoms with Crippen LogP contribution in [0.15, 0.2) is 24.3 Å². The monoisotopic (exact) mass is 293 g/mol. The van der Waals surface area contributed by atoms with Crippen molar-refractivity contribution in [3.8, 4) is 0 Å². The molecule has 0 aromatic heterocycles. The Morgan fingerprint density at radius 2 is 1.81 bits per heavy atom. The molecule has 0 aliphatic heterocycles. The van der Waals surface area contributed by atoms with Crippen molar-refractivity contribution in [3.05, 3.63) is 39.9 Å². The van der Waals surface area contributed by atoms with Crippen molar-refractivity contribution in [1.29, 1.82) is 0 Å². The fourth-order valence-corrected chi connectivity index (χ4v) is 1.90. The molecule has 0 amide bonds. The van der Waals surface area contributed by atoms with E-state index in [0.717, 1.165) is 5.56 Å². The zero-order valence-corrected chi connectivity index (χ0v) is 12.4. The normalized spacial score (nSPS) is 12.0. The van der Waals surface area contributed by atoms with Crippen LogP contribution in [0.25, 0.3) is 0 Å². The molecule has 0 fully saturated rings. The second-order valence-electron chi connectivity index (χ2n) is 5.11. The number of benzene rings is 1. The van der Waals surface area contributed by atoms with Crippen molar-refractivity contribution in [2.24, 2.45) is 5.92 Å². The molecule has 1 aromatic carbocycles. The number of hydrogen-bond acceptors (Lipinski definition) is 5. The number of hydrogen-bond donors (Lipinski definition) is 0. The van der Waals surface area contributed by atoms with Gasteiger partial charge < -0.3 is 4.74 Å². The molecule has 0 aliphatic rings. The van der Waals surface area contributed by atoms with E-state index in [4.69, 9.17) is 4.74 Å². The van der Waals surface area contributed by atoms with Crippen molar-refractivity contribution in [2.45, 2.75) is 39.7 Å². The van der Waals surface area contributed by atoms with Gasteiger partial charge in [-0.25, -0.2) is 0 Å². The Hall–Kier alpha value is -2.24. The van der Waals surface area contributed by atoms with E-state index in [1.807, 2.05) is 0 Å². The van der Waals surface area contributed by atoms with Crippen LogP contribution in [0.4, 0.5) is 5.69 Å². The molecular weight excluding hydrogens is 274 g/mol. The molecule has 0 heterocycles. The summed E-state index contributed by atoms with van der Waals surface area (Å²) in [5, 5.41) is 10.6. The molecule has 6 heteroatoms. The molecule has 1 rings (SSSR count). The third-order valence-corrected chi connectivity index (χ3v) is 3.00. The van der Waals surface area contributed by atoms with Gasteiger partial charge in [0.2, 0.25) is 0 Å². The molecule has 0 bridgehead atoms. The molecule has 1 atom stereocenters. The average Bonchev–Trinajstić information content (AvgIpc) is 2.38. The zero-order valence-electron chi connectivity index (χ0n) is 12.4. The fraction of sp³-hybridized carbons (Fsp3) is 0.467. The van der Waals surface area contributed by atoms with Gasteiger partial charge >= 0.3 is 5.97 Å². The van der Waals surface area contributed by atoms with Crippen molar-refractivity contribution in [3.63, 3.8) is 0 Å². The molecule has 0 saturated carbocycles. The van der Waals surface area contributed by atoms with Crippen molar-refractivity contribution in [2.75, 3.05) is 0 Å². The minimum Gasteiger partial charge on any atom is -0.462 e. The van der Waals surface area contributed by atoms with E-state index in [1.165, 1.54) is 19.1 Å². The first-order chi connectivity index (χ1) is 9.81. The first-order valence-electron chi connectivity index (χ1n) is 6.75. The lowest BCUT2D eigenvalue weighted by Gasteiger charge is -2.15. The highest BCUT2D eigenvalue weighted by molar-refractivity contribution is 5.97. The van der Waals surface area contributed by atoms with Crippen LogP contribution >= 0.6 is 0 Å². The summed E-state index contributed by atoms with van der Waals surface area (Å²) in [6.45, 7) is 4.82. The summed E-state index contributed by atoms with van der Waals surface area (Å²) in [5.41, 5.74) is 0.852. The summed E-state index contributed by atoms with van der Waals surface area (Å²) in [6, 6.07) is 6.07. The van der Waals surface area contributed by atoms with Gasteiger partial charge in [-0.1, -0.05) is 12.1 Å². The van der Waals surface area contributed by atoms with Crippen LogP contribution in [0.1, 0.15) is 32.8 Å². The molecule has 0 N–H and O–H groups in total. The minimum absolute atomic E-state index is 0.0149. The standard InChI is InChI=1S/C15H19NO5/c1-10(2)21-15(18)14(11(3)17)9-6-12-4-7-13(8-5-12)16(19)20/h4-5,7-8,10,14H,6,9H2,1-3H3. The van der Waals surface area contributed by atoms with E-state index in [1.54, 1.807) is 26.0 Å². The number of ketones is 1. The lowest BCUT2D eigenvalue weighted by atomic mass is 9.96. The Morgan fingerprint density at radius 1 is 1.24 bits per heavy atom. The number of nitro benzene ring substituents is 1. The molecule has 114 valence electrons. The summed E-state index contributed by atoms with van der Waals surface area (Å²) in [6.07, 6.45) is 0.549. The van der Waals surface area contributed by atoms with Gasteiger partial charge in [-0.15, -0.1) is 0 Å². The molecule has 0 radical (unpaired) electrons. The SMILES string of the molecule is CC(=O)C(CCc1ccc([N+](=O)[O-])cc1)C(=O)OC(C)C. The maximum Gasteiger partial charge on any atom is 0.316 e. The van der Waals surface area contributed by atoms with Gasteiger partial charge in [-0.2, -0.15) is 0 Å². The van der Waals surface area contributed by atoms with Crippen LogP contribution in [0.5, 0.6) is 0 Å². The summed E-state index contributed by atoms with van der Waals surface area (Å²) < 4.78 is 5.06. The number of rotatable bonds is 7. The molecule has 1 unspecified atom stereocenters. The van der Waals surface area contributed by atoms with Crippen LogP contribution in [0.2, 0.25) is 0 Å². The summed E-state index contributed by atoms with van der Waals surface area (Å²) in [4.78, 5) is 33.5. The molecule has 0 saturated heterocycles. The van der Waals surface area contributed by atoms with E-state index in [9.17, 15) is 19.7 Å². The summed E-state index contributed by atoms with van der Waals surface area (Å²) >= 11 is 0. The topological polar surface area (TPSA) is 86.5 Å². The third-order valence-electron chi connectivity index (χ3n) is 3.00. The van der Waals surface area contributed by atoms with Crippen molar-refractivity contribution < 1.29 is 19.2 Å². The van der Waals surface area contributed by atoms with Gasteiger partial charge in [0, 0.05) is 12.1 Å². The highest BCUT2D eigenvalue weighted by Gasteiger charge is 2.25. The number of carbonyl (C=O) groups excluding carboxylic acids is 2. The summed E-state index contributed by atoms with van der Waals surface area (Å²) in [7, 11) is 0. The lowest BCUT2D eigenvalue weighted by Crippen LogP contribution is -2.27. The highest BCUT2D eigenvalue weighted by atomic mass is 16.6. The predicted octanol–water partition coefficient (Wildman–Crippen LogP) is 2.68. The quantitative estimate of drug-likeness (QED) is 0.334. The number of non-ortho nitro benzene ring substituents is 1. The second kappa shape index (κ2) is 7.52. The molecule has 6 nitrogen and oxygen atoms in total. The van der Waals surface area contributed by atoms with E-state index in [0.29, 0.717) is 12.8 Å². The number of ether oxygens (including phenoxy) is 1. The molecular formula is C15H19NO5. The number of nitrogens with zero attached hydrogens (tertiary/aromatic N) is 1. The van der Waals surface area contributed by atoms with E-state index in [-0.39, 0.29) is 17.6 Å². The van der Waals surface area contributed by atoms with E-state index in [2.05, 4.69) is 0 Å².